The first-order valence-electron chi connectivity index (χ1n) is 6.54. The summed E-state index contributed by atoms with van der Waals surface area (Å²) in [6, 6.07) is 0. The van der Waals surface area contributed by atoms with E-state index in [1.807, 2.05) is 0 Å². The van der Waals surface area contributed by atoms with Crippen molar-refractivity contribution in [3.63, 3.8) is 0 Å². The van der Waals surface area contributed by atoms with Crippen LogP contribution in [0.15, 0.2) is 0 Å². The number of hydrogen-bond donors (Lipinski definition) is 1. The van der Waals surface area contributed by atoms with Crippen molar-refractivity contribution in [3.05, 3.63) is 0 Å². The van der Waals surface area contributed by atoms with Gasteiger partial charge in [0.05, 0.1) is 5.60 Å². The normalized spacial score (nSPS) is 29.8. The Balaban J connectivity index is 1.96. The van der Waals surface area contributed by atoms with Crippen LogP contribution in [0, 0.1) is 5.92 Å². The van der Waals surface area contributed by atoms with Crippen LogP contribution in [0.1, 0.15) is 70.6 Å². The number of hydrogen-bond acceptors (Lipinski definition) is 1. The Labute approximate surface area is 87.9 Å². The van der Waals surface area contributed by atoms with Gasteiger partial charge in [0.1, 0.15) is 0 Å². The van der Waals surface area contributed by atoms with E-state index in [0.717, 1.165) is 12.8 Å². The zero-order chi connectivity index (χ0) is 9.86. The lowest BCUT2D eigenvalue weighted by atomic mass is 9.73. The molecule has 0 aliphatic heterocycles. The maximum absolute atomic E-state index is 10.7. The molecule has 0 unspecified atom stereocenters. The zero-order valence-electron chi connectivity index (χ0n) is 9.30. The second-order valence-electron chi connectivity index (χ2n) is 5.35. The summed E-state index contributed by atoms with van der Waals surface area (Å²) in [6.07, 6.45) is 14.0. The van der Waals surface area contributed by atoms with E-state index < -0.39 is 0 Å². The molecular formula is C13H24O. The first-order chi connectivity index (χ1) is 6.81. The molecule has 2 aliphatic carbocycles. The van der Waals surface area contributed by atoms with Crippen LogP contribution in [0.2, 0.25) is 0 Å². The van der Waals surface area contributed by atoms with Crippen LogP contribution in [-0.2, 0) is 0 Å². The van der Waals surface area contributed by atoms with Gasteiger partial charge in [0.2, 0.25) is 0 Å². The molecule has 0 saturated heterocycles. The van der Waals surface area contributed by atoms with Gasteiger partial charge >= 0.3 is 0 Å². The molecule has 0 heterocycles. The van der Waals surface area contributed by atoms with Crippen LogP contribution < -0.4 is 0 Å². The third-order valence-corrected chi connectivity index (χ3v) is 4.33. The highest BCUT2D eigenvalue weighted by molar-refractivity contribution is 4.89. The molecule has 2 aliphatic rings. The quantitative estimate of drug-likeness (QED) is 0.635. The highest BCUT2D eigenvalue weighted by Gasteiger charge is 2.36. The third-order valence-electron chi connectivity index (χ3n) is 4.33. The van der Waals surface area contributed by atoms with Gasteiger partial charge in [-0.3, -0.25) is 0 Å². The summed E-state index contributed by atoms with van der Waals surface area (Å²) in [5.74, 6) is 0.634. The monoisotopic (exact) mass is 196 g/mol. The van der Waals surface area contributed by atoms with E-state index in [-0.39, 0.29) is 5.60 Å². The van der Waals surface area contributed by atoms with Gasteiger partial charge in [0, 0.05) is 0 Å². The topological polar surface area (TPSA) is 20.2 Å². The molecule has 2 saturated carbocycles. The van der Waals surface area contributed by atoms with Crippen molar-refractivity contribution < 1.29 is 5.11 Å². The Morgan fingerprint density at radius 3 is 1.79 bits per heavy atom. The Kier molecular flexibility index (Phi) is 3.48. The molecule has 82 valence electrons. The molecule has 0 aromatic heterocycles. The van der Waals surface area contributed by atoms with E-state index in [4.69, 9.17) is 0 Å². The van der Waals surface area contributed by atoms with Crippen molar-refractivity contribution in [1.82, 2.24) is 0 Å². The largest absolute Gasteiger partial charge is 0.390 e. The highest BCUT2D eigenvalue weighted by atomic mass is 16.3. The lowest BCUT2D eigenvalue weighted by Gasteiger charge is -2.38. The van der Waals surface area contributed by atoms with E-state index in [2.05, 4.69) is 0 Å². The second-order valence-corrected chi connectivity index (χ2v) is 5.35. The summed E-state index contributed by atoms with van der Waals surface area (Å²) >= 11 is 0. The van der Waals surface area contributed by atoms with Crippen molar-refractivity contribution in [2.75, 3.05) is 0 Å². The van der Waals surface area contributed by atoms with Crippen LogP contribution in [-0.4, -0.2) is 10.7 Å². The molecule has 0 radical (unpaired) electrons. The first-order valence-corrected chi connectivity index (χ1v) is 6.54. The molecule has 14 heavy (non-hydrogen) atoms. The number of aliphatic hydroxyl groups is 1. The van der Waals surface area contributed by atoms with Crippen LogP contribution in [0.5, 0.6) is 0 Å². The summed E-state index contributed by atoms with van der Waals surface area (Å²) in [5.41, 5.74) is -0.267. The molecule has 0 atom stereocenters. The molecule has 1 heteroatoms. The summed E-state index contributed by atoms with van der Waals surface area (Å²) in [5, 5.41) is 10.7. The average Bonchev–Trinajstić information content (AvgIpc) is 2.46. The molecule has 0 bridgehead atoms. The van der Waals surface area contributed by atoms with Crippen LogP contribution in [0.3, 0.4) is 0 Å². The van der Waals surface area contributed by atoms with Gasteiger partial charge in [-0.25, -0.2) is 0 Å². The van der Waals surface area contributed by atoms with Crippen LogP contribution in [0.4, 0.5) is 0 Å². The van der Waals surface area contributed by atoms with E-state index in [0.29, 0.717) is 5.92 Å². The molecule has 0 aromatic rings. The summed E-state index contributed by atoms with van der Waals surface area (Å²) in [7, 11) is 0. The maximum Gasteiger partial charge on any atom is 0.0675 e. The van der Waals surface area contributed by atoms with Gasteiger partial charge in [0.25, 0.3) is 0 Å². The average molecular weight is 196 g/mol. The Hall–Kier alpha value is -0.0400. The Morgan fingerprint density at radius 1 is 0.714 bits per heavy atom. The molecule has 1 N–H and O–H groups in total. The minimum atomic E-state index is -0.267. The van der Waals surface area contributed by atoms with Gasteiger partial charge in [0.15, 0.2) is 0 Å². The minimum Gasteiger partial charge on any atom is -0.390 e. The van der Waals surface area contributed by atoms with E-state index >= 15 is 0 Å². The van der Waals surface area contributed by atoms with E-state index in [1.165, 1.54) is 57.8 Å². The predicted molar refractivity (Wildman–Crippen MR) is 59.2 cm³/mol. The van der Waals surface area contributed by atoms with Gasteiger partial charge in [-0.1, -0.05) is 44.9 Å². The lowest BCUT2D eigenvalue weighted by molar-refractivity contribution is -0.0452. The lowest BCUT2D eigenvalue weighted by Crippen LogP contribution is -2.38. The van der Waals surface area contributed by atoms with Gasteiger partial charge in [-0.15, -0.1) is 0 Å². The Bertz CT molecular complexity index is 162. The minimum absolute atomic E-state index is 0.267. The fourth-order valence-electron chi connectivity index (χ4n) is 3.39. The molecule has 0 aromatic carbocycles. The molecule has 2 fully saturated rings. The Morgan fingerprint density at radius 2 is 1.21 bits per heavy atom. The molecule has 1 nitrogen and oxygen atoms in total. The van der Waals surface area contributed by atoms with Crippen LogP contribution >= 0.6 is 0 Å². The molecule has 2 rings (SSSR count). The fourth-order valence-corrected chi connectivity index (χ4v) is 3.39. The third kappa shape index (κ3) is 2.31. The van der Waals surface area contributed by atoms with E-state index in [1.54, 1.807) is 0 Å². The predicted octanol–water partition coefficient (Wildman–Crippen LogP) is 3.65. The SMILES string of the molecule is OC1(C2CCCCC2)CCCCCC1. The second kappa shape index (κ2) is 4.65. The standard InChI is InChI=1S/C13H24O/c14-13(10-6-1-2-7-11-13)12-8-4-3-5-9-12/h12,14H,1-11H2. The first kappa shape index (κ1) is 10.5. The van der Waals surface area contributed by atoms with Crippen molar-refractivity contribution in [2.45, 2.75) is 76.2 Å². The summed E-state index contributed by atoms with van der Waals surface area (Å²) in [4.78, 5) is 0. The zero-order valence-corrected chi connectivity index (χ0v) is 9.30. The molecule has 0 amide bonds. The van der Waals surface area contributed by atoms with Crippen molar-refractivity contribution in [1.29, 1.82) is 0 Å². The maximum atomic E-state index is 10.7. The summed E-state index contributed by atoms with van der Waals surface area (Å²) < 4.78 is 0. The van der Waals surface area contributed by atoms with Crippen molar-refractivity contribution >= 4 is 0 Å². The molecular weight excluding hydrogens is 172 g/mol. The van der Waals surface area contributed by atoms with E-state index in [9.17, 15) is 5.11 Å². The summed E-state index contributed by atoms with van der Waals surface area (Å²) in [6.45, 7) is 0. The smallest absolute Gasteiger partial charge is 0.0675 e. The highest BCUT2D eigenvalue weighted by Crippen LogP contribution is 2.40. The van der Waals surface area contributed by atoms with Crippen LogP contribution in [0.25, 0.3) is 0 Å². The van der Waals surface area contributed by atoms with Gasteiger partial charge in [-0.05, 0) is 31.6 Å². The van der Waals surface area contributed by atoms with Crippen molar-refractivity contribution in [3.8, 4) is 0 Å². The van der Waals surface area contributed by atoms with Crippen molar-refractivity contribution in [2.24, 2.45) is 5.92 Å². The van der Waals surface area contributed by atoms with Gasteiger partial charge < -0.3 is 5.11 Å². The number of rotatable bonds is 1. The van der Waals surface area contributed by atoms with Gasteiger partial charge in [-0.2, -0.15) is 0 Å². The fraction of sp³-hybridized carbons (Fsp3) is 1.00. The molecule has 0 spiro atoms.